The first-order chi connectivity index (χ1) is 9.72. The highest BCUT2D eigenvalue weighted by molar-refractivity contribution is 9.10. The highest BCUT2D eigenvalue weighted by Gasteiger charge is 2.39. The van der Waals surface area contributed by atoms with Crippen molar-refractivity contribution in [1.82, 2.24) is 0 Å². The fourth-order valence-electron chi connectivity index (χ4n) is 3.71. The van der Waals surface area contributed by atoms with E-state index in [0.29, 0.717) is 0 Å². The molecule has 2 aliphatic carbocycles. The van der Waals surface area contributed by atoms with Gasteiger partial charge in [0.25, 0.3) is 0 Å². The van der Waals surface area contributed by atoms with Gasteiger partial charge < -0.3 is 4.74 Å². The maximum Gasteiger partial charge on any atom is 0.235 e. The van der Waals surface area contributed by atoms with Crippen LogP contribution in [-0.4, -0.2) is 13.2 Å². The number of rotatable bonds is 3. The maximum atomic E-state index is 10.9. The van der Waals surface area contributed by atoms with Crippen molar-refractivity contribution >= 4 is 22.0 Å². The second kappa shape index (κ2) is 5.34. The average Bonchev–Trinajstić information content (AvgIpc) is 3.08. The molecule has 2 aliphatic rings. The molecule has 0 heterocycles. The Morgan fingerprint density at radius 1 is 1.30 bits per heavy atom. The van der Waals surface area contributed by atoms with E-state index in [1.54, 1.807) is 13.2 Å². The van der Waals surface area contributed by atoms with E-state index in [-0.39, 0.29) is 0 Å². The molecule has 0 unspecified atom stereocenters. The number of halogens is 1. The van der Waals surface area contributed by atoms with Crippen LogP contribution in [0.2, 0.25) is 0 Å². The Bertz CT molecular complexity index is 585. The zero-order valence-corrected chi connectivity index (χ0v) is 13.3. The molecule has 0 aromatic heterocycles. The van der Waals surface area contributed by atoms with Crippen molar-refractivity contribution < 1.29 is 9.53 Å². The first-order valence-electron chi connectivity index (χ1n) is 7.19. The van der Waals surface area contributed by atoms with Gasteiger partial charge in [0.1, 0.15) is 11.3 Å². The summed E-state index contributed by atoms with van der Waals surface area (Å²) in [5.74, 6) is 0.853. The first kappa shape index (κ1) is 13.8. The Balaban J connectivity index is 2.22. The number of fused-ring (bicyclic) bond motifs is 1. The van der Waals surface area contributed by atoms with Crippen molar-refractivity contribution in [3.8, 4) is 5.75 Å². The van der Waals surface area contributed by atoms with Gasteiger partial charge in [-0.3, -0.25) is 0 Å². The van der Waals surface area contributed by atoms with E-state index in [0.717, 1.165) is 54.3 Å². The Hall–Kier alpha value is -1.12. The number of benzene rings is 1. The van der Waals surface area contributed by atoms with E-state index in [4.69, 9.17) is 4.74 Å². The Kier molecular flexibility index (Phi) is 3.70. The van der Waals surface area contributed by atoms with Gasteiger partial charge in [-0.1, -0.05) is 12.8 Å². The number of ether oxygens (including phenoxy) is 1. The van der Waals surface area contributed by atoms with E-state index >= 15 is 0 Å². The number of carbonyl (C=O) groups excluding carboxylic acids is 1. The van der Waals surface area contributed by atoms with E-state index in [1.165, 1.54) is 17.5 Å². The van der Waals surface area contributed by atoms with Crippen LogP contribution < -0.4 is 4.74 Å². The van der Waals surface area contributed by atoms with Crippen LogP contribution in [0.25, 0.3) is 0 Å². The highest BCUT2D eigenvalue weighted by atomic mass is 79.9. The first-order valence-corrected chi connectivity index (χ1v) is 7.99. The molecule has 1 saturated carbocycles. The number of aliphatic imine (C=N–C) groups is 1. The van der Waals surface area contributed by atoms with Crippen LogP contribution in [0.4, 0.5) is 0 Å². The topological polar surface area (TPSA) is 38.7 Å². The molecule has 20 heavy (non-hydrogen) atoms. The molecule has 3 rings (SSSR count). The summed E-state index contributed by atoms with van der Waals surface area (Å²) in [4.78, 5) is 15.1. The number of isocyanates is 1. The summed E-state index contributed by atoms with van der Waals surface area (Å²) in [6.07, 6.45) is 9.19. The van der Waals surface area contributed by atoms with Crippen LogP contribution in [0.1, 0.15) is 48.8 Å². The van der Waals surface area contributed by atoms with E-state index in [2.05, 4.69) is 27.0 Å². The van der Waals surface area contributed by atoms with E-state index in [1.807, 2.05) is 0 Å². The monoisotopic (exact) mass is 335 g/mol. The van der Waals surface area contributed by atoms with Crippen molar-refractivity contribution in [3.63, 3.8) is 0 Å². The predicted octanol–water partition coefficient (Wildman–Crippen LogP) is 4.05. The third-order valence-corrected chi connectivity index (χ3v) is 5.52. The summed E-state index contributed by atoms with van der Waals surface area (Å²) in [7, 11) is 1.69. The number of methoxy groups -OCH3 is 1. The van der Waals surface area contributed by atoms with Gasteiger partial charge >= 0.3 is 0 Å². The van der Waals surface area contributed by atoms with Crippen LogP contribution in [0.15, 0.2) is 15.5 Å². The molecular formula is C16H18BrNO2. The van der Waals surface area contributed by atoms with Gasteiger partial charge in [0.15, 0.2) is 0 Å². The molecular weight excluding hydrogens is 318 g/mol. The highest BCUT2D eigenvalue weighted by Crippen LogP contribution is 2.50. The molecule has 0 saturated heterocycles. The summed E-state index contributed by atoms with van der Waals surface area (Å²) >= 11 is 3.70. The predicted molar refractivity (Wildman–Crippen MR) is 81.0 cm³/mol. The van der Waals surface area contributed by atoms with E-state index in [9.17, 15) is 4.79 Å². The molecule has 106 valence electrons. The van der Waals surface area contributed by atoms with Gasteiger partial charge in [0.2, 0.25) is 6.08 Å². The minimum atomic E-state index is -0.423. The fraction of sp³-hybridized carbons (Fsp3) is 0.562. The van der Waals surface area contributed by atoms with Crippen LogP contribution in [0, 0.1) is 0 Å². The smallest absolute Gasteiger partial charge is 0.235 e. The molecule has 1 fully saturated rings. The number of hydrogen-bond donors (Lipinski definition) is 0. The van der Waals surface area contributed by atoms with Crippen molar-refractivity contribution in [2.45, 2.75) is 50.5 Å². The molecule has 1 aromatic carbocycles. The standard InChI is InChI=1S/C16H18BrNO2/c1-20-15-13(16(18-10-19)7-2-3-8-16)9-11-5-4-6-12(11)14(15)17/h9H,2-8H2,1H3. The summed E-state index contributed by atoms with van der Waals surface area (Å²) in [5, 5.41) is 0. The minimum absolute atomic E-state index is 0.423. The normalized spacial score (nSPS) is 19.5. The molecule has 1 aromatic rings. The van der Waals surface area contributed by atoms with Gasteiger partial charge in [-0.2, -0.15) is 4.99 Å². The molecule has 4 heteroatoms. The quantitative estimate of drug-likeness (QED) is 0.617. The van der Waals surface area contributed by atoms with Crippen molar-refractivity contribution in [3.05, 3.63) is 27.2 Å². The van der Waals surface area contributed by atoms with Gasteiger partial charge in [-0.05, 0) is 65.2 Å². The Labute approximate surface area is 127 Å². The molecule has 0 atom stereocenters. The molecule has 3 nitrogen and oxygen atoms in total. The van der Waals surface area contributed by atoms with Crippen molar-refractivity contribution in [2.75, 3.05) is 7.11 Å². The Morgan fingerprint density at radius 3 is 2.70 bits per heavy atom. The lowest BCUT2D eigenvalue weighted by Gasteiger charge is -2.27. The van der Waals surface area contributed by atoms with Gasteiger partial charge in [-0.25, -0.2) is 4.79 Å². The second-order valence-electron chi connectivity index (χ2n) is 5.70. The molecule has 0 radical (unpaired) electrons. The number of nitrogens with zero attached hydrogens (tertiary/aromatic N) is 1. The number of hydrogen-bond acceptors (Lipinski definition) is 3. The van der Waals surface area contributed by atoms with Gasteiger partial charge in [0, 0.05) is 5.56 Å². The number of aryl methyl sites for hydroxylation is 1. The summed E-state index contributed by atoms with van der Waals surface area (Å²) < 4.78 is 6.70. The minimum Gasteiger partial charge on any atom is -0.495 e. The van der Waals surface area contributed by atoms with Crippen LogP contribution in [0.5, 0.6) is 5.75 Å². The van der Waals surface area contributed by atoms with E-state index < -0.39 is 5.54 Å². The summed E-state index contributed by atoms with van der Waals surface area (Å²) in [6.45, 7) is 0. The maximum absolute atomic E-state index is 10.9. The molecule has 0 bridgehead atoms. The molecule has 0 aliphatic heterocycles. The third-order valence-electron chi connectivity index (χ3n) is 4.68. The largest absolute Gasteiger partial charge is 0.495 e. The average molecular weight is 336 g/mol. The third kappa shape index (κ3) is 2.02. The zero-order chi connectivity index (χ0) is 14.2. The fourth-order valence-corrected chi connectivity index (χ4v) is 4.53. The SMILES string of the molecule is COc1c(C2(N=C=O)CCCC2)cc2c(c1Br)CCC2. The molecule has 0 spiro atoms. The van der Waals surface area contributed by atoms with Crippen molar-refractivity contribution in [1.29, 1.82) is 0 Å². The summed E-state index contributed by atoms with van der Waals surface area (Å²) in [6, 6.07) is 2.22. The van der Waals surface area contributed by atoms with Crippen molar-refractivity contribution in [2.24, 2.45) is 4.99 Å². The van der Waals surface area contributed by atoms with Crippen LogP contribution >= 0.6 is 15.9 Å². The second-order valence-corrected chi connectivity index (χ2v) is 6.50. The van der Waals surface area contributed by atoms with Crippen LogP contribution in [0.3, 0.4) is 0 Å². The Morgan fingerprint density at radius 2 is 2.05 bits per heavy atom. The van der Waals surface area contributed by atoms with Crippen LogP contribution in [-0.2, 0) is 23.2 Å². The van der Waals surface area contributed by atoms with Gasteiger partial charge in [-0.15, -0.1) is 0 Å². The molecule has 0 N–H and O–H groups in total. The lowest BCUT2D eigenvalue weighted by Crippen LogP contribution is -2.20. The zero-order valence-electron chi connectivity index (χ0n) is 11.7. The molecule has 0 amide bonds. The van der Waals surface area contributed by atoms with Gasteiger partial charge in [0.05, 0.1) is 11.6 Å². The lowest BCUT2D eigenvalue weighted by molar-refractivity contribution is 0.376. The summed E-state index contributed by atoms with van der Waals surface area (Å²) in [5.41, 5.74) is 3.37. The lowest BCUT2D eigenvalue weighted by atomic mass is 9.86.